The first kappa shape index (κ1) is 18.0. The van der Waals surface area contributed by atoms with Gasteiger partial charge in [-0.25, -0.2) is 0 Å². The van der Waals surface area contributed by atoms with Crippen LogP contribution in [0.25, 0.3) is 0 Å². The molecular formula is C22H23N5O. The van der Waals surface area contributed by atoms with Crippen LogP contribution in [0.15, 0.2) is 72.8 Å². The molecule has 142 valence electrons. The number of aromatic nitrogens is 2. The number of hydrogen-bond donors (Lipinski definition) is 1. The van der Waals surface area contributed by atoms with Crippen molar-refractivity contribution in [2.24, 2.45) is 0 Å². The number of para-hydroxylation sites is 1. The van der Waals surface area contributed by atoms with E-state index in [0.717, 1.165) is 37.6 Å². The molecule has 1 N–H and O–H groups in total. The van der Waals surface area contributed by atoms with Crippen molar-refractivity contribution in [2.75, 3.05) is 41.3 Å². The van der Waals surface area contributed by atoms with Gasteiger partial charge >= 0.3 is 0 Å². The molecule has 0 spiro atoms. The van der Waals surface area contributed by atoms with Crippen LogP contribution in [0.5, 0.6) is 0 Å². The molecular weight excluding hydrogens is 350 g/mol. The zero-order chi connectivity index (χ0) is 19.2. The number of anilines is 3. The van der Waals surface area contributed by atoms with E-state index in [4.69, 9.17) is 0 Å². The lowest BCUT2D eigenvalue weighted by Gasteiger charge is -2.36. The molecule has 0 bridgehead atoms. The molecule has 3 aromatic rings. The Morgan fingerprint density at radius 2 is 1.43 bits per heavy atom. The molecule has 1 aliphatic rings. The van der Waals surface area contributed by atoms with Crippen LogP contribution < -0.4 is 15.1 Å². The van der Waals surface area contributed by atoms with Gasteiger partial charge in [0.2, 0.25) is 5.91 Å². The zero-order valence-corrected chi connectivity index (χ0v) is 15.7. The lowest BCUT2D eigenvalue weighted by atomic mass is 10.1. The van der Waals surface area contributed by atoms with Crippen molar-refractivity contribution in [3.05, 3.63) is 78.4 Å². The van der Waals surface area contributed by atoms with Crippen molar-refractivity contribution in [3.63, 3.8) is 0 Å². The van der Waals surface area contributed by atoms with Gasteiger partial charge in [-0.3, -0.25) is 4.79 Å². The number of benzene rings is 2. The van der Waals surface area contributed by atoms with Gasteiger partial charge in [-0.2, -0.15) is 0 Å². The summed E-state index contributed by atoms with van der Waals surface area (Å²) in [6, 6.07) is 23.8. The molecule has 1 aliphatic heterocycles. The van der Waals surface area contributed by atoms with E-state index < -0.39 is 0 Å². The second-order valence-electron chi connectivity index (χ2n) is 6.80. The first-order valence-electron chi connectivity index (χ1n) is 9.50. The standard InChI is InChI=1S/C22H23N5O/c28-22(17-18-7-3-1-4-8-18)23-20-11-12-21(25-24-20)27-15-13-26(14-16-27)19-9-5-2-6-10-19/h1-12H,13-17H2,(H,23,24,28). The molecule has 0 saturated carbocycles. The van der Waals surface area contributed by atoms with Gasteiger partial charge in [-0.1, -0.05) is 48.5 Å². The molecule has 28 heavy (non-hydrogen) atoms. The minimum Gasteiger partial charge on any atom is -0.368 e. The Bertz CT molecular complexity index is 891. The van der Waals surface area contributed by atoms with E-state index in [1.54, 1.807) is 0 Å². The van der Waals surface area contributed by atoms with Crippen LogP contribution in [-0.4, -0.2) is 42.3 Å². The van der Waals surface area contributed by atoms with Crippen molar-refractivity contribution in [1.82, 2.24) is 10.2 Å². The molecule has 2 aromatic carbocycles. The monoisotopic (exact) mass is 373 g/mol. The second-order valence-corrected chi connectivity index (χ2v) is 6.80. The van der Waals surface area contributed by atoms with Crippen LogP contribution >= 0.6 is 0 Å². The number of carbonyl (C=O) groups excluding carboxylic acids is 1. The van der Waals surface area contributed by atoms with Crippen LogP contribution in [0.4, 0.5) is 17.3 Å². The Labute approximate surface area is 164 Å². The minimum atomic E-state index is -0.0928. The van der Waals surface area contributed by atoms with Gasteiger partial charge in [0.1, 0.15) is 0 Å². The maximum atomic E-state index is 12.1. The van der Waals surface area contributed by atoms with Crippen LogP contribution in [0.1, 0.15) is 5.56 Å². The highest BCUT2D eigenvalue weighted by molar-refractivity contribution is 5.91. The molecule has 1 saturated heterocycles. The van der Waals surface area contributed by atoms with E-state index in [9.17, 15) is 4.79 Å². The first-order valence-corrected chi connectivity index (χ1v) is 9.50. The predicted molar refractivity (Wildman–Crippen MR) is 112 cm³/mol. The molecule has 6 nitrogen and oxygen atoms in total. The summed E-state index contributed by atoms with van der Waals surface area (Å²) in [6.07, 6.45) is 0.325. The second kappa shape index (κ2) is 8.52. The highest BCUT2D eigenvalue weighted by Gasteiger charge is 2.18. The van der Waals surface area contributed by atoms with Crippen LogP contribution in [0, 0.1) is 0 Å². The molecule has 0 unspecified atom stereocenters. The quantitative estimate of drug-likeness (QED) is 0.745. The van der Waals surface area contributed by atoms with Crippen LogP contribution in [-0.2, 0) is 11.2 Å². The summed E-state index contributed by atoms with van der Waals surface area (Å²) in [7, 11) is 0. The Hall–Kier alpha value is -3.41. The van der Waals surface area contributed by atoms with Crippen molar-refractivity contribution < 1.29 is 4.79 Å². The van der Waals surface area contributed by atoms with Gasteiger partial charge in [0.25, 0.3) is 0 Å². The zero-order valence-electron chi connectivity index (χ0n) is 15.7. The minimum absolute atomic E-state index is 0.0928. The van der Waals surface area contributed by atoms with Crippen molar-refractivity contribution in [1.29, 1.82) is 0 Å². The van der Waals surface area contributed by atoms with E-state index in [2.05, 4.69) is 49.6 Å². The summed E-state index contributed by atoms with van der Waals surface area (Å²) in [5, 5.41) is 11.3. The lowest BCUT2D eigenvalue weighted by molar-refractivity contribution is -0.115. The molecule has 0 radical (unpaired) electrons. The molecule has 1 amide bonds. The third-order valence-electron chi connectivity index (χ3n) is 4.85. The lowest BCUT2D eigenvalue weighted by Crippen LogP contribution is -2.46. The van der Waals surface area contributed by atoms with Gasteiger partial charge in [-0.15, -0.1) is 10.2 Å². The Balaban J connectivity index is 1.31. The topological polar surface area (TPSA) is 61.4 Å². The maximum Gasteiger partial charge on any atom is 0.229 e. The predicted octanol–water partition coefficient (Wildman–Crippen LogP) is 2.98. The average Bonchev–Trinajstić information content (AvgIpc) is 2.76. The number of carbonyl (C=O) groups is 1. The Morgan fingerprint density at radius 3 is 2.07 bits per heavy atom. The summed E-state index contributed by atoms with van der Waals surface area (Å²) in [4.78, 5) is 16.7. The number of nitrogens with zero attached hydrogens (tertiary/aromatic N) is 4. The fraction of sp³-hybridized carbons (Fsp3) is 0.227. The van der Waals surface area contributed by atoms with Crippen LogP contribution in [0.3, 0.4) is 0 Å². The molecule has 1 fully saturated rings. The first-order chi connectivity index (χ1) is 13.8. The normalized spacial score (nSPS) is 14.0. The van der Waals surface area contributed by atoms with Crippen molar-refractivity contribution >= 4 is 23.2 Å². The van der Waals surface area contributed by atoms with Gasteiger partial charge in [0.15, 0.2) is 11.6 Å². The molecule has 0 atom stereocenters. The summed E-state index contributed by atoms with van der Waals surface area (Å²) < 4.78 is 0. The summed E-state index contributed by atoms with van der Waals surface area (Å²) >= 11 is 0. The van der Waals surface area contributed by atoms with E-state index >= 15 is 0 Å². The van der Waals surface area contributed by atoms with E-state index in [-0.39, 0.29) is 5.91 Å². The van der Waals surface area contributed by atoms with Gasteiger partial charge in [0.05, 0.1) is 6.42 Å². The largest absolute Gasteiger partial charge is 0.368 e. The molecule has 2 heterocycles. The van der Waals surface area contributed by atoms with Crippen LogP contribution in [0.2, 0.25) is 0 Å². The third-order valence-corrected chi connectivity index (χ3v) is 4.85. The van der Waals surface area contributed by atoms with E-state index in [1.807, 2.05) is 48.5 Å². The number of nitrogens with one attached hydrogen (secondary N) is 1. The fourth-order valence-corrected chi connectivity index (χ4v) is 3.36. The summed E-state index contributed by atoms with van der Waals surface area (Å²) in [6.45, 7) is 3.68. The maximum absolute atomic E-state index is 12.1. The SMILES string of the molecule is O=C(Cc1ccccc1)Nc1ccc(N2CCN(c3ccccc3)CC2)nn1. The number of piperazine rings is 1. The van der Waals surface area contributed by atoms with Gasteiger partial charge < -0.3 is 15.1 Å². The molecule has 1 aromatic heterocycles. The summed E-state index contributed by atoms with van der Waals surface area (Å²) in [5.74, 6) is 1.23. The van der Waals surface area contributed by atoms with Crippen molar-refractivity contribution in [2.45, 2.75) is 6.42 Å². The number of hydrogen-bond acceptors (Lipinski definition) is 5. The molecule has 6 heteroatoms. The molecule has 0 aliphatic carbocycles. The van der Waals surface area contributed by atoms with Gasteiger partial charge in [0, 0.05) is 31.9 Å². The number of amides is 1. The van der Waals surface area contributed by atoms with E-state index in [1.165, 1.54) is 5.69 Å². The fourth-order valence-electron chi connectivity index (χ4n) is 3.36. The molecule has 4 rings (SSSR count). The smallest absolute Gasteiger partial charge is 0.229 e. The average molecular weight is 373 g/mol. The third kappa shape index (κ3) is 4.46. The van der Waals surface area contributed by atoms with Crippen molar-refractivity contribution in [3.8, 4) is 0 Å². The highest BCUT2D eigenvalue weighted by Crippen LogP contribution is 2.19. The number of rotatable bonds is 5. The van der Waals surface area contributed by atoms with Gasteiger partial charge in [-0.05, 0) is 29.8 Å². The Morgan fingerprint density at radius 1 is 0.786 bits per heavy atom. The Kier molecular flexibility index (Phi) is 5.47. The highest BCUT2D eigenvalue weighted by atomic mass is 16.1. The summed E-state index contributed by atoms with van der Waals surface area (Å²) in [5.41, 5.74) is 2.23. The van der Waals surface area contributed by atoms with E-state index in [0.29, 0.717) is 12.2 Å².